The monoisotopic (exact) mass is 607 g/mol. The summed E-state index contributed by atoms with van der Waals surface area (Å²) < 4.78 is 20.2. The highest BCUT2D eigenvalue weighted by Gasteiger charge is 2.25. The molecule has 186 valence electrons. The maximum Gasteiger partial charge on any atom is 0.408 e. The first kappa shape index (κ1) is 28.3. The third kappa shape index (κ3) is 11.4. The largest absolute Gasteiger partial charge is 0.444 e. The number of ether oxygens (including phenoxy) is 1. The second-order valence-electron chi connectivity index (χ2n) is 8.58. The van der Waals surface area contributed by atoms with Gasteiger partial charge in [0.1, 0.15) is 17.5 Å². The highest BCUT2D eigenvalue weighted by atomic mass is 79.9. The molecule has 0 aliphatic rings. The summed E-state index contributed by atoms with van der Waals surface area (Å²) in [7, 11) is 0. The fourth-order valence-corrected chi connectivity index (χ4v) is 3.63. The van der Waals surface area contributed by atoms with E-state index in [1.165, 1.54) is 12.1 Å². The van der Waals surface area contributed by atoms with Gasteiger partial charge >= 0.3 is 6.09 Å². The number of hydrogen-bond donors (Lipinski definition) is 3. The molecule has 3 rings (SSSR count). The van der Waals surface area contributed by atoms with Crippen molar-refractivity contribution in [1.82, 2.24) is 5.32 Å². The molecule has 1 atom stereocenters. The fraction of sp³-hybridized carbons (Fsp3) is 0.231. The van der Waals surface area contributed by atoms with Crippen LogP contribution in [0.25, 0.3) is 0 Å². The molecule has 0 saturated carbocycles. The third-order valence-corrected chi connectivity index (χ3v) is 5.29. The zero-order chi connectivity index (χ0) is 26.0. The van der Waals surface area contributed by atoms with Gasteiger partial charge in [0.15, 0.2) is 0 Å². The molecular weight excluding hydrogens is 581 g/mol. The van der Waals surface area contributed by atoms with Gasteiger partial charge in [-0.25, -0.2) is 9.18 Å². The van der Waals surface area contributed by atoms with Gasteiger partial charge in [-0.2, -0.15) is 0 Å². The van der Waals surface area contributed by atoms with E-state index in [-0.39, 0.29) is 12.2 Å². The van der Waals surface area contributed by atoms with Crippen LogP contribution in [0.4, 0.5) is 20.6 Å². The summed E-state index contributed by atoms with van der Waals surface area (Å²) >= 11 is 6.63. The lowest BCUT2D eigenvalue weighted by Crippen LogP contribution is -2.47. The molecule has 0 heterocycles. The Morgan fingerprint density at radius 3 is 2.09 bits per heavy atom. The maximum absolute atomic E-state index is 13.1. The first-order chi connectivity index (χ1) is 16.4. The molecule has 0 fully saturated rings. The predicted molar refractivity (Wildman–Crippen MR) is 145 cm³/mol. The summed E-state index contributed by atoms with van der Waals surface area (Å²) in [4.78, 5) is 24.9. The van der Waals surface area contributed by atoms with Crippen LogP contribution in [0, 0.1) is 5.82 Å². The summed E-state index contributed by atoms with van der Waals surface area (Å²) in [6.07, 6.45) is -0.502. The lowest BCUT2D eigenvalue weighted by Gasteiger charge is -2.23. The zero-order valence-corrected chi connectivity index (χ0v) is 22.8. The zero-order valence-electron chi connectivity index (χ0n) is 19.6. The number of nitrogen functional groups attached to an aromatic ring is 1. The molecule has 2 amide bonds. The van der Waals surface area contributed by atoms with Crippen LogP contribution in [0.5, 0.6) is 0 Å². The number of rotatable bonds is 5. The van der Waals surface area contributed by atoms with Gasteiger partial charge in [-0.05, 0) is 74.9 Å². The van der Waals surface area contributed by atoms with Crippen molar-refractivity contribution in [3.63, 3.8) is 0 Å². The van der Waals surface area contributed by atoms with Gasteiger partial charge < -0.3 is 21.1 Å². The van der Waals surface area contributed by atoms with Crippen molar-refractivity contribution >= 4 is 55.2 Å². The van der Waals surface area contributed by atoms with E-state index >= 15 is 0 Å². The molecule has 3 aromatic carbocycles. The van der Waals surface area contributed by atoms with Gasteiger partial charge in [0.2, 0.25) is 5.91 Å². The first-order valence-corrected chi connectivity index (χ1v) is 12.3. The molecule has 0 aromatic heterocycles. The number of amides is 2. The third-order valence-electron chi connectivity index (χ3n) is 4.30. The number of carbonyl (C=O) groups is 2. The average molecular weight is 609 g/mol. The minimum atomic E-state index is -0.885. The van der Waals surface area contributed by atoms with Crippen molar-refractivity contribution in [2.75, 3.05) is 11.1 Å². The Morgan fingerprint density at radius 1 is 0.971 bits per heavy atom. The van der Waals surface area contributed by atoms with E-state index in [0.717, 1.165) is 14.6 Å². The minimum absolute atomic E-state index is 0.194. The van der Waals surface area contributed by atoms with E-state index in [1.807, 2.05) is 30.3 Å². The Kier molecular flexibility index (Phi) is 10.7. The van der Waals surface area contributed by atoms with Crippen LogP contribution in [-0.4, -0.2) is 23.6 Å². The maximum atomic E-state index is 13.1. The molecule has 35 heavy (non-hydrogen) atoms. The number of benzene rings is 3. The van der Waals surface area contributed by atoms with E-state index in [2.05, 4.69) is 42.5 Å². The number of nitrogens with two attached hydrogens (primary N) is 1. The van der Waals surface area contributed by atoms with E-state index in [1.54, 1.807) is 51.1 Å². The quantitative estimate of drug-likeness (QED) is 0.281. The molecule has 4 N–H and O–H groups in total. The van der Waals surface area contributed by atoms with E-state index in [0.29, 0.717) is 11.3 Å². The van der Waals surface area contributed by atoms with Crippen molar-refractivity contribution in [3.05, 3.63) is 93.1 Å². The highest BCUT2D eigenvalue weighted by Crippen LogP contribution is 2.17. The Bertz CT molecular complexity index is 1120. The van der Waals surface area contributed by atoms with Gasteiger partial charge in [-0.15, -0.1) is 0 Å². The summed E-state index contributed by atoms with van der Waals surface area (Å²) in [5.41, 5.74) is 6.83. The number of hydrogen-bond acceptors (Lipinski definition) is 4. The van der Waals surface area contributed by atoms with Gasteiger partial charge in [0.05, 0.1) is 0 Å². The van der Waals surface area contributed by atoms with Crippen molar-refractivity contribution in [2.24, 2.45) is 0 Å². The molecule has 0 bridgehead atoms. The molecule has 0 aliphatic carbocycles. The second-order valence-corrected chi connectivity index (χ2v) is 10.4. The summed E-state index contributed by atoms with van der Waals surface area (Å²) in [5.74, 6) is -0.766. The minimum Gasteiger partial charge on any atom is -0.444 e. The molecule has 6 nitrogen and oxygen atoms in total. The molecule has 0 unspecified atom stereocenters. The Balaban J connectivity index is 0.000000456. The Hall–Kier alpha value is -2.91. The topological polar surface area (TPSA) is 93.4 Å². The van der Waals surface area contributed by atoms with Crippen LogP contribution in [0.15, 0.2) is 81.7 Å². The first-order valence-electron chi connectivity index (χ1n) is 10.7. The lowest BCUT2D eigenvalue weighted by molar-refractivity contribution is -0.118. The van der Waals surface area contributed by atoms with Crippen LogP contribution in [0.1, 0.15) is 26.3 Å². The Labute approximate surface area is 221 Å². The summed E-state index contributed by atoms with van der Waals surface area (Å²) in [5, 5.41) is 5.36. The standard InChI is InChI=1S/C20H22BrFN2O3.C6H6BrN/c1-20(2,3)27-19(26)24-17(11-13-7-9-15(22)10-8-13)18(25)23-16-6-4-5-14(21)12-16;7-5-2-1-3-6(8)4-5/h4-10,12,17H,11H2,1-3H3,(H,23,25)(H,24,26);1-4H,8H2/t17-;/m0./s1. The smallest absolute Gasteiger partial charge is 0.408 e. The molecule has 0 saturated heterocycles. The van der Waals surface area contributed by atoms with Gasteiger partial charge in [-0.1, -0.05) is 56.1 Å². The number of halogens is 3. The SMILES string of the molecule is CC(C)(C)OC(=O)N[C@@H](Cc1ccc(F)cc1)C(=O)Nc1cccc(Br)c1.Nc1cccc(Br)c1. The molecule has 0 aliphatic heterocycles. The Morgan fingerprint density at radius 2 is 1.57 bits per heavy atom. The number of anilines is 2. The molecule has 9 heteroatoms. The number of nitrogens with one attached hydrogen (secondary N) is 2. The molecular formula is C26H28Br2FN3O3. The van der Waals surface area contributed by atoms with Gasteiger partial charge in [-0.3, -0.25) is 4.79 Å². The fourth-order valence-electron chi connectivity index (χ4n) is 2.82. The van der Waals surface area contributed by atoms with E-state index in [9.17, 15) is 14.0 Å². The predicted octanol–water partition coefficient (Wildman–Crippen LogP) is 6.69. The lowest BCUT2D eigenvalue weighted by atomic mass is 10.1. The van der Waals surface area contributed by atoms with Gasteiger partial charge in [0.25, 0.3) is 0 Å². The van der Waals surface area contributed by atoms with Crippen LogP contribution < -0.4 is 16.4 Å². The molecule has 0 radical (unpaired) electrons. The summed E-state index contributed by atoms with van der Waals surface area (Å²) in [6.45, 7) is 5.22. The van der Waals surface area contributed by atoms with Crippen LogP contribution in [0.3, 0.4) is 0 Å². The normalized spacial score (nSPS) is 11.5. The van der Waals surface area contributed by atoms with Crippen LogP contribution in [-0.2, 0) is 16.0 Å². The highest BCUT2D eigenvalue weighted by molar-refractivity contribution is 9.10. The average Bonchev–Trinajstić information content (AvgIpc) is 2.74. The van der Waals surface area contributed by atoms with Gasteiger partial charge in [0, 0.05) is 26.7 Å². The van der Waals surface area contributed by atoms with E-state index < -0.39 is 23.6 Å². The summed E-state index contributed by atoms with van der Waals surface area (Å²) in [6, 6.07) is 19.6. The van der Waals surface area contributed by atoms with Crippen LogP contribution in [0.2, 0.25) is 0 Å². The second kappa shape index (κ2) is 13.3. The number of carbonyl (C=O) groups excluding carboxylic acids is 2. The van der Waals surface area contributed by atoms with Crippen molar-refractivity contribution in [1.29, 1.82) is 0 Å². The van der Waals surface area contributed by atoms with Crippen molar-refractivity contribution in [2.45, 2.75) is 38.8 Å². The van der Waals surface area contributed by atoms with Crippen LogP contribution >= 0.6 is 31.9 Å². The molecule has 3 aromatic rings. The van der Waals surface area contributed by atoms with Crippen molar-refractivity contribution in [3.8, 4) is 0 Å². The molecule has 0 spiro atoms. The number of alkyl carbamates (subject to hydrolysis) is 1. The van der Waals surface area contributed by atoms with Crippen molar-refractivity contribution < 1.29 is 18.7 Å². The van der Waals surface area contributed by atoms with E-state index in [4.69, 9.17) is 10.5 Å².